The van der Waals surface area contributed by atoms with Crippen molar-refractivity contribution < 1.29 is 4.79 Å². The topological polar surface area (TPSA) is 17.1 Å². The van der Waals surface area contributed by atoms with Crippen molar-refractivity contribution in [3.63, 3.8) is 0 Å². The molecule has 0 rings (SSSR count). The number of carbonyl (C=O) groups excluding carboxylic acids is 1. The first-order valence-electron chi connectivity index (χ1n) is 4.77. The third-order valence-corrected chi connectivity index (χ3v) is 2.25. The lowest BCUT2D eigenvalue weighted by atomic mass is 10.0. The Labute approximate surface area is 91.1 Å². The summed E-state index contributed by atoms with van der Waals surface area (Å²) in [6, 6.07) is 0. The predicted octanol–water partition coefficient (Wildman–Crippen LogP) is 4.00. The molecule has 78 valence electrons. The average molecular weight is 213 g/mol. The molecule has 0 N–H and O–H groups in total. The summed E-state index contributed by atoms with van der Waals surface area (Å²) in [6.07, 6.45) is 7.81. The van der Waals surface area contributed by atoms with Crippen LogP contribution in [0.15, 0.2) is 36.0 Å². The average Bonchev–Trinajstić information content (AvgIpc) is 2.16. The second-order valence-corrected chi connectivity index (χ2v) is 3.53. The Morgan fingerprint density at radius 1 is 1.43 bits per heavy atom. The van der Waals surface area contributed by atoms with E-state index in [1.807, 2.05) is 19.1 Å². The molecule has 0 aliphatic carbocycles. The van der Waals surface area contributed by atoms with Gasteiger partial charge in [0, 0.05) is 6.42 Å². The fourth-order valence-corrected chi connectivity index (χ4v) is 1.29. The van der Waals surface area contributed by atoms with Crippen molar-refractivity contribution in [3.05, 3.63) is 36.0 Å². The highest BCUT2D eigenvalue weighted by molar-refractivity contribution is 6.63. The largest absolute Gasteiger partial charge is 0.281 e. The Hall–Kier alpha value is -0.820. The molecule has 0 radical (unpaired) electrons. The van der Waals surface area contributed by atoms with Crippen molar-refractivity contribution in [2.45, 2.75) is 33.1 Å². The Morgan fingerprint density at radius 3 is 2.50 bits per heavy atom. The molecule has 0 aliphatic rings. The van der Waals surface area contributed by atoms with E-state index in [2.05, 4.69) is 13.5 Å². The molecule has 0 saturated carbocycles. The summed E-state index contributed by atoms with van der Waals surface area (Å²) in [5, 5.41) is -0.271. The summed E-state index contributed by atoms with van der Waals surface area (Å²) in [6.45, 7) is 7.74. The number of hydrogen-bond acceptors (Lipinski definition) is 1. The van der Waals surface area contributed by atoms with Gasteiger partial charge in [0.15, 0.2) is 0 Å². The van der Waals surface area contributed by atoms with Crippen LogP contribution in [0.3, 0.4) is 0 Å². The minimum absolute atomic E-state index is 0.271. The molecule has 0 aliphatic heterocycles. The van der Waals surface area contributed by atoms with E-state index in [4.69, 9.17) is 11.6 Å². The molecule has 0 unspecified atom stereocenters. The van der Waals surface area contributed by atoms with E-state index < -0.39 is 0 Å². The Balaban J connectivity index is 4.40. The van der Waals surface area contributed by atoms with Crippen molar-refractivity contribution in [2.24, 2.45) is 0 Å². The Bertz CT molecular complexity index is 261. The molecule has 0 amide bonds. The fraction of sp³-hybridized carbons (Fsp3) is 0.417. The molecule has 0 bridgehead atoms. The summed E-state index contributed by atoms with van der Waals surface area (Å²) >= 11 is 5.28. The van der Waals surface area contributed by atoms with Gasteiger partial charge in [0.25, 0.3) is 0 Å². The normalized spacial score (nSPS) is 12.8. The standard InChI is InChI=1S/C12H17ClO/c1-4-6-7-11(5-2)10(3)8-9-12(13)14/h4,6-7H,1,5,8-9H2,2-3H3/b7-6-,11-10+. The van der Waals surface area contributed by atoms with E-state index in [1.165, 1.54) is 11.1 Å². The van der Waals surface area contributed by atoms with Crippen LogP contribution in [0.2, 0.25) is 0 Å². The van der Waals surface area contributed by atoms with Crippen molar-refractivity contribution in [1.29, 1.82) is 0 Å². The van der Waals surface area contributed by atoms with E-state index in [-0.39, 0.29) is 5.24 Å². The maximum Gasteiger partial charge on any atom is 0.221 e. The predicted molar refractivity (Wildman–Crippen MR) is 62.4 cm³/mol. The first-order valence-corrected chi connectivity index (χ1v) is 5.15. The van der Waals surface area contributed by atoms with Crippen LogP contribution in [0.5, 0.6) is 0 Å². The van der Waals surface area contributed by atoms with E-state index in [0.29, 0.717) is 6.42 Å². The van der Waals surface area contributed by atoms with Crippen LogP contribution in [0.1, 0.15) is 33.1 Å². The van der Waals surface area contributed by atoms with Crippen molar-refractivity contribution in [1.82, 2.24) is 0 Å². The third kappa shape index (κ3) is 5.76. The molecule has 2 heteroatoms. The smallest absolute Gasteiger partial charge is 0.221 e. The second kappa shape index (κ2) is 7.57. The highest BCUT2D eigenvalue weighted by Gasteiger charge is 2.00. The molecular weight excluding hydrogens is 196 g/mol. The van der Waals surface area contributed by atoms with Gasteiger partial charge in [0.2, 0.25) is 5.24 Å². The highest BCUT2D eigenvalue weighted by Crippen LogP contribution is 2.15. The van der Waals surface area contributed by atoms with Crippen LogP contribution in [-0.4, -0.2) is 5.24 Å². The summed E-state index contributed by atoms with van der Waals surface area (Å²) in [5.41, 5.74) is 2.47. The minimum Gasteiger partial charge on any atom is -0.281 e. The van der Waals surface area contributed by atoms with Gasteiger partial charge in [-0.05, 0) is 36.9 Å². The zero-order chi connectivity index (χ0) is 11.0. The summed E-state index contributed by atoms with van der Waals surface area (Å²) < 4.78 is 0. The molecular formula is C12H17ClO. The van der Waals surface area contributed by atoms with Gasteiger partial charge in [-0.25, -0.2) is 0 Å². The van der Waals surface area contributed by atoms with Crippen LogP contribution in [0.25, 0.3) is 0 Å². The molecule has 14 heavy (non-hydrogen) atoms. The third-order valence-electron chi connectivity index (χ3n) is 2.06. The van der Waals surface area contributed by atoms with Gasteiger partial charge in [-0.15, -0.1) is 0 Å². The lowest BCUT2D eigenvalue weighted by molar-refractivity contribution is -0.111. The summed E-state index contributed by atoms with van der Waals surface area (Å²) in [5.74, 6) is 0. The van der Waals surface area contributed by atoms with Crippen LogP contribution >= 0.6 is 11.6 Å². The lowest BCUT2D eigenvalue weighted by Gasteiger charge is -2.04. The maximum atomic E-state index is 10.6. The molecule has 0 aromatic carbocycles. The van der Waals surface area contributed by atoms with Crippen LogP contribution < -0.4 is 0 Å². The molecule has 1 nitrogen and oxygen atoms in total. The van der Waals surface area contributed by atoms with Gasteiger partial charge < -0.3 is 0 Å². The van der Waals surface area contributed by atoms with Crippen LogP contribution in [-0.2, 0) is 4.79 Å². The van der Waals surface area contributed by atoms with E-state index in [9.17, 15) is 4.79 Å². The van der Waals surface area contributed by atoms with Gasteiger partial charge >= 0.3 is 0 Å². The number of halogens is 1. The molecule has 0 atom stereocenters. The van der Waals surface area contributed by atoms with E-state index in [1.54, 1.807) is 6.08 Å². The van der Waals surface area contributed by atoms with Crippen molar-refractivity contribution in [2.75, 3.05) is 0 Å². The van der Waals surface area contributed by atoms with Gasteiger partial charge in [-0.2, -0.15) is 0 Å². The first-order chi connectivity index (χ1) is 6.61. The highest BCUT2D eigenvalue weighted by atomic mass is 35.5. The Morgan fingerprint density at radius 2 is 2.07 bits per heavy atom. The molecule has 0 aromatic rings. The van der Waals surface area contributed by atoms with E-state index in [0.717, 1.165) is 12.8 Å². The van der Waals surface area contributed by atoms with Gasteiger partial charge in [0.1, 0.15) is 0 Å². The van der Waals surface area contributed by atoms with E-state index >= 15 is 0 Å². The van der Waals surface area contributed by atoms with Gasteiger partial charge in [-0.3, -0.25) is 4.79 Å². The van der Waals surface area contributed by atoms with Crippen LogP contribution in [0, 0.1) is 0 Å². The molecule has 0 fully saturated rings. The maximum absolute atomic E-state index is 10.6. The van der Waals surface area contributed by atoms with Gasteiger partial charge in [-0.1, -0.05) is 37.3 Å². The minimum atomic E-state index is -0.271. The van der Waals surface area contributed by atoms with Crippen molar-refractivity contribution >= 4 is 16.8 Å². The zero-order valence-corrected chi connectivity index (χ0v) is 9.60. The fourth-order valence-electron chi connectivity index (χ4n) is 1.19. The second-order valence-electron chi connectivity index (χ2n) is 3.11. The Kier molecular flexibility index (Phi) is 7.13. The molecule has 0 saturated heterocycles. The molecule has 0 aromatic heterocycles. The zero-order valence-electron chi connectivity index (χ0n) is 8.85. The SMILES string of the molecule is C=C/C=C\C(CC)=C(/C)CCC(=O)Cl. The number of rotatable bonds is 6. The summed E-state index contributed by atoms with van der Waals surface area (Å²) in [7, 11) is 0. The number of allylic oxidation sites excluding steroid dienone is 5. The lowest BCUT2D eigenvalue weighted by Crippen LogP contribution is -1.90. The quantitative estimate of drug-likeness (QED) is 0.481. The molecule has 0 spiro atoms. The van der Waals surface area contributed by atoms with Crippen LogP contribution in [0.4, 0.5) is 0 Å². The number of carbonyl (C=O) groups is 1. The first kappa shape index (κ1) is 13.2. The van der Waals surface area contributed by atoms with Gasteiger partial charge in [0.05, 0.1) is 0 Å². The molecule has 0 heterocycles. The summed E-state index contributed by atoms with van der Waals surface area (Å²) in [4.78, 5) is 10.6. The monoisotopic (exact) mass is 212 g/mol. The van der Waals surface area contributed by atoms with Crippen molar-refractivity contribution in [3.8, 4) is 0 Å². The number of hydrogen-bond donors (Lipinski definition) is 0.